The maximum atomic E-state index is 9.21. The van der Waals surface area contributed by atoms with Crippen LogP contribution >= 0.6 is 11.3 Å². The first-order valence-electron chi connectivity index (χ1n) is 6.57. The van der Waals surface area contributed by atoms with Crippen molar-refractivity contribution < 1.29 is 4.74 Å². The summed E-state index contributed by atoms with van der Waals surface area (Å²) in [6.07, 6.45) is 0. The van der Waals surface area contributed by atoms with E-state index in [0.717, 1.165) is 11.1 Å². The van der Waals surface area contributed by atoms with Gasteiger partial charge >= 0.3 is 0 Å². The summed E-state index contributed by atoms with van der Waals surface area (Å²) in [6.45, 7) is 0. The minimum atomic E-state index is 0.287. The quantitative estimate of drug-likeness (QED) is 0.687. The Balaban J connectivity index is 2.03. The van der Waals surface area contributed by atoms with Gasteiger partial charge < -0.3 is 4.74 Å². The van der Waals surface area contributed by atoms with E-state index in [2.05, 4.69) is 0 Å². The van der Waals surface area contributed by atoms with Gasteiger partial charge in [-0.25, -0.2) is 0 Å². The van der Waals surface area contributed by atoms with E-state index >= 15 is 0 Å². The van der Waals surface area contributed by atoms with Crippen LogP contribution in [0.3, 0.4) is 0 Å². The molecule has 0 N–H and O–H groups in total. The van der Waals surface area contributed by atoms with Gasteiger partial charge in [-0.2, -0.15) is 10.5 Å². The van der Waals surface area contributed by atoms with E-state index in [0.29, 0.717) is 16.4 Å². The number of ether oxygens (including phenoxy) is 1. The molecule has 0 unspecified atom stereocenters. The smallest absolute Gasteiger partial charge is 0.200 e. The molecule has 3 rings (SSSR count). The van der Waals surface area contributed by atoms with Gasteiger partial charge in [-0.05, 0) is 11.6 Å². The largest absolute Gasteiger partial charge is 0.445 e. The highest BCUT2D eigenvalue weighted by Crippen LogP contribution is 2.38. The number of para-hydroxylation sites is 1. The lowest BCUT2D eigenvalue weighted by atomic mass is 10.1. The summed E-state index contributed by atoms with van der Waals surface area (Å²) in [7, 11) is 0. The van der Waals surface area contributed by atoms with Gasteiger partial charge in [0.15, 0.2) is 5.06 Å². The lowest BCUT2D eigenvalue weighted by molar-refractivity contribution is 0.497. The van der Waals surface area contributed by atoms with E-state index in [4.69, 9.17) is 10.00 Å². The van der Waals surface area contributed by atoms with Crippen LogP contribution in [0.2, 0.25) is 0 Å². The lowest BCUT2D eigenvalue weighted by Crippen LogP contribution is -1.88. The van der Waals surface area contributed by atoms with Crippen LogP contribution in [-0.4, -0.2) is 0 Å². The van der Waals surface area contributed by atoms with Gasteiger partial charge in [-0.1, -0.05) is 48.5 Å². The third-order valence-electron chi connectivity index (χ3n) is 3.16. The second-order valence-corrected chi connectivity index (χ2v) is 5.34. The maximum absolute atomic E-state index is 9.21. The van der Waals surface area contributed by atoms with E-state index in [1.165, 1.54) is 11.3 Å². The zero-order valence-electron chi connectivity index (χ0n) is 11.5. The molecule has 0 saturated heterocycles. The van der Waals surface area contributed by atoms with Gasteiger partial charge in [0.1, 0.15) is 23.5 Å². The first kappa shape index (κ1) is 13.9. The fourth-order valence-electron chi connectivity index (χ4n) is 2.12. The van der Waals surface area contributed by atoms with E-state index in [-0.39, 0.29) is 5.56 Å². The molecule has 2 aromatic carbocycles. The third-order valence-corrected chi connectivity index (χ3v) is 4.02. The molecule has 22 heavy (non-hydrogen) atoms. The van der Waals surface area contributed by atoms with Crippen molar-refractivity contribution in [3.8, 4) is 34.1 Å². The molecule has 0 spiro atoms. The Kier molecular flexibility index (Phi) is 3.87. The Morgan fingerprint density at radius 2 is 1.59 bits per heavy atom. The standard InChI is InChI=1S/C18H10N2OS/c19-10-14-12-22-18(16(14)11-20)21-17-9-5-4-8-15(17)13-6-2-1-3-7-13/h1-9,12H. The average Bonchev–Trinajstić information content (AvgIpc) is 2.98. The van der Waals surface area contributed by atoms with Gasteiger partial charge in [0.25, 0.3) is 0 Å². The van der Waals surface area contributed by atoms with Crippen LogP contribution in [0.25, 0.3) is 11.1 Å². The number of thiophene rings is 1. The minimum Gasteiger partial charge on any atom is -0.445 e. The van der Waals surface area contributed by atoms with E-state index in [9.17, 15) is 5.26 Å². The molecule has 0 aliphatic carbocycles. The molecular formula is C18H10N2OS. The Bertz CT molecular complexity index is 885. The second kappa shape index (κ2) is 6.13. The predicted molar refractivity (Wildman–Crippen MR) is 85.7 cm³/mol. The van der Waals surface area contributed by atoms with Crippen molar-refractivity contribution in [3.63, 3.8) is 0 Å². The summed E-state index contributed by atoms with van der Waals surface area (Å²) < 4.78 is 5.91. The molecule has 0 saturated carbocycles. The molecule has 0 atom stereocenters. The molecule has 0 fully saturated rings. The summed E-state index contributed by atoms with van der Waals surface area (Å²) >= 11 is 1.26. The first-order chi connectivity index (χ1) is 10.8. The molecule has 1 aromatic heterocycles. The van der Waals surface area contributed by atoms with Crippen LogP contribution in [0.5, 0.6) is 10.8 Å². The second-order valence-electron chi connectivity index (χ2n) is 4.50. The molecular weight excluding hydrogens is 292 g/mol. The molecule has 3 nitrogen and oxygen atoms in total. The lowest BCUT2D eigenvalue weighted by Gasteiger charge is -2.10. The van der Waals surface area contributed by atoms with Crippen LogP contribution in [-0.2, 0) is 0 Å². The van der Waals surface area contributed by atoms with E-state index in [1.807, 2.05) is 66.7 Å². The molecule has 3 aromatic rings. The first-order valence-corrected chi connectivity index (χ1v) is 7.45. The highest BCUT2D eigenvalue weighted by molar-refractivity contribution is 7.12. The van der Waals surface area contributed by atoms with Crippen molar-refractivity contribution in [2.45, 2.75) is 0 Å². The Hall–Kier alpha value is -3.08. The van der Waals surface area contributed by atoms with Gasteiger partial charge in [0.2, 0.25) is 0 Å². The van der Waals surface area contributed by atoms with Gasteiger partial charge in [0.05, 0.1) is 5.56 Å². The highest BCUT2D eigenvalue weighted by atomic mass is 32.1. The maximum Gasteiger partial charge on any atom is 0.200 e. The van der Waals surface area contributed by atoms with Crippen molar-refractivity contribution in [2.24, 2.45) is 0 Å². The number of nitrogens with zero attached hydrogens (tertiary/aromatic N) is 2. The van der Waals surface area contributed by atoms with E-state index in [1.54, 1.807) is 5.38 Å². The van der Waals surface area contributed by atoms with Gasteiger partial charge in [0, 0.05) is 10.9 Å². The van der Waals surface area contributed by atoms with Gasteiger partial charge in [-0.15, -0.1) is 11.3 Å². The Labute approximate surface area is 132 Å². The Morgan fingerprint density at radius 3 is 2.32 bits per heavy atom. The average molecular weight is 302 g/mol. The SMILES string of the molecule is N#Cc1csc(Oc2ccccc2-c2ccccc2)c1C#N. The van der Waals surface area contributed by atoms with Crippen LogP contribution < -0.4 is 4.74 Å². The van der Waals surface area contributed by atoms with Crippen molar-refractivity contribution in [1.29, 1.82) is 10.5 Å². The normalized spacial score (nSPS) is 9.73. The number of nitriles is 2. The topological polar surface area (TPSA) is 56.8 Å². The molecule has 1 heterocycles. The molecule has 0 aliphatic heterocycles. The fraction of sp³-hybridized carbons (Fsp3) is 0. The molecule has 0 aliphatic rings. The number of hydrogen-bond donors (Lipinski definition) is 0. The van der Waals surface area contributed by atoms with Gasteiger partial charge in [-0.3, -0.25) is 0 Å². The van der Waals surface area contributed by atoms with Crippen LogP contribution in [0, 0.1) is 22.7 Å². The number of hydrogen-bond acceptors (Lipinski definition) is 4. The van der Waals surface area contributed by atoms with E-state index < -0.39 is 0 Å². The van der Waals surface area contributed by atoms with Crippen molar-refractivity contribution >= 4 is 11.3 Å². The molecule has 104 valence electrons. The number of benzene rings is 2. The summed E-state index contributed by atoms with van der Waals surface area (Å²) in [5.74, 6) is 0.663. The zero-order chi connectivity index (χ0) is 15.4. The summed E-state index contributed by atoms with van der Waals surface area (Å²) in [6, 6.07) is 21.6. The third kappa shape index (κ3) is 2.56. The summed E-state index contributed by atoms with van der Waals surface area (Å²) in [5.41, 5.74) is 2.61. The van der Waals surface area contributed by atoms with Crippen molar-refractivity contribution in [1.82, 2.24) is 0 Å². The monoisotopic (exact) mass is 302 g/mol. The van der Waals surface area contributed by atoms with Crippen molar-refractivity contribution in [2.75, 3.05) is 0 Å². The summed E-state index contributed by atoms with van der Waals surface area (Å²) in [5, 5.41) is 20.3. The fourth-order valence-corrected chi connectivity index (χ4v) is 2.92. The zero-order valence-corrected chi connectivity index (χ0v) is 12.3. The predicted octanol–water partition coefficient (Wildman–Crippen LogP) is 4.95. The molecule has 0 radical (unpaired) electrons. The minimum absolute atomic E-state index is 0.287. The van der Waals surface area contributed by atoms with Crippen molar-refractivity contribution in [3.05, 3.63) is 71.1 Å². The highest BCUT2D eigenvalue weighted by Gasteiger charge is 2.15. The van der Waals surface area contributed by atoms with Crippen LogP contribution in [0.4, 0.5) is 0 Å². The molecule has 0 bridgehead atoms. The number of rotatable bonds is 3. The Morgan fingerprint density at radius 1 is 0.864 bits per heavy atom. The van der Waals surface area contributed by atoms with Crippen LogP contribution in [0.15, 0.2) is 60.0 Å². The summed E-state index contributed by atoms with van der Waals surface area (Å²) in [4.78, 5) is 0. The molecule has 0 amide bonds. The molecule has 4 heteroatoms. The van der Waals surface area contributed by atoms with Crippen LogP contribution in [0.1, 0.15) is 11.1 Å².